The zero-order valence-electron chi connectivity index (χ0n) is 21.7. The summed E-state index contributed by atoms with van der Waals surface area (Å²) < 4.78 is 0. The van der Waals surface area contributed by atoms with Gasteiger partial charge in [-0.25, -0.2) is 4.79 Å². The topological polar surface area (TPSA) is 253 Å². The predicted molar refractivity (Wildman–Crippen MR) is 140 cm³/mol. The summed E-state index contributed by atoms with van der Waals surface area (Å²) in [7, 11) is 0. The number of rotatable bonds is 15. The molecule has 0 aliphatic carbocycles. The molecule has 14 nitrogen and oxygen atoms in total. The second-order valence-electron chi connectivity index (χ2n) is 9.66. The molecule has 5 amide bonds. The fourth-order valence-corrected chi connectivity index (χ4v) is 3.97. The molecule has 1 aromatic carbocycles. The lowest BCUT2D eigenvalue weighted by Gasteiger charge is -2.25. The number of H-pyrrole nitrogens is 1. The van der Waals surface area contributed by atoms with Crippen LogP contribution in [0.25, 0.3) is 10.9 Å². The molecule has 0 fully saturated rings. The summed E-state index contributed by atoms with van der Waals surface area (Å²) >= 11 is 0. The quantitative estimate of drug-likeness (QED) is 0.129. The van der Waals surface area contributed by atoms with E-state index in [9.17, 15) is 33.9 Å². The standard InChI is InChI=1S/C25H35N7O7/c1-12(2)7-17(31-24(37)18(10-21(28)34)30-22(35)15(26)9-20(27)33)23(36)32-19(25(38)39)8-13-11-29-16-6-4-3-5-14(13)16/h3-6,11-12,15,17-19,29H,7-10,26H2,1-2H3,(H2,27,33)(H2,28,34)(H,30,35)(H,31,37)(H,32,36)(H,38,39). The van der Waals surface area contributed by atoms with Gasteiger partial charge in [0, 0.05) is 23.5 Å². The molecule has 0 saturated carbocycles. The number of nitrogens with two attached hydrogens (primary N) is 3. The van der Waals surface area contributed by atoms with Crippen molar-refractivity contribution < 1.29 is 33.9 Å². The SMILES string of the molecule is CC(C)CC(NC(=O)C(CC(N)=O)NC(=O)C(N)CC(N)=O)C(=O)NC(Cc1c[nH]c2ccccc12)C(=O)O. The minimum absolute atomic E-state index is 0.0223. The molecule has 2 rings (SSSR count). The monoisotopic (exact) mass is 545 g/mol. The Morgan fingerprint density at radius 2 is 1.41 bits per heavy atom. The minimum atomic E-state index is -1.50. The van der Waals surface area contributed by atoms with E-state index in [1.807, 2.05) is 24.3 Å². The van der Waals surface area contributed by atoms with Gasteiger partial charge in [-0.2, -0.15) is 0 Å². The van der Waals surface area contributed by atoms with Crippen LogP contribution in [0.15, 0.2) is 30.5 Å². The summed E-state index contributed by atoms with van der Waals surface area (Å²) in [6.45, 7) is 3.58. The van der Waals surface area contributed by atoms with E-state index in [0.29, 0.717) is 5.56 Å². The van der Waals surface area contributed by atoms with Crippen molar-refractivity contribution in [3.63, 3.8) is 0 Å². The second kappa shape index (κ2) is 13.9. The normalized spacial score (nSPS) is 14.2. The molecule has 2 aromatic rings. The highest BCUT2D eigenvalue weighted by Crippen LogP contribution is 2.19. The largest absolute Gasteiger partial charge is 0.480 e. The van der Waals surface area contributed by atoms with Gasteiger partial charge in [-0.15, -0.1) is 0 Å². The molecule has 0 aliphatic heterocycles. The van der Waals surface area contributed by atoms with Gasteiger partial charge in [0.1, 0.15) is 18.1 Å². The Bertz CT molecular complexity index is 1230. The molecule has 39 heavy (non-hydrogen) atoms. The Balaban J connectivity index is 2.19. The highest BCUT2D eigenvalue weighted by atomic mass is 16.4. The lowest BCUT2D eigenvalue weighted by atomic mass is 10.0. The van der Waals surface area contributed by atoms with Crippen LogP contribution in [0.5, 0.6) is 0 Å². The van der Waals surface area contributed by atoms with Gasteiger partial charge < -0.3 is 43.2 Å². The lowest BCUT2D eigenvalue weighted by molar-refractivity contribution is -0.142. The first-order valence-electron chi connectivity index (χ1n) is 12.3. The molecule has 0 spiro atoms. The Hall–Kier alpha value is -4.46. The molecule has 4 unspecified atom stereocenters. The number of carbonyl (C=O) groups is 6. The van der Waals surface area contributed by atoms with Gasteiger partial charge in [-0.3, -0.25) is 24.0 Å². The Kier molecular flexibility index (Phi) is 11.0. The van der Waals surface area contributed by atoms with Gasteiger partial charge in [-0.05, 0) is 24.0 Å². The number of carbonyl (C=O) groups excluding carboxylic acids is 5. The number of aromatic amines is 1. The van der Waals surface area contributed by atoms with E-state index in [2.05, 4.69) is 20.9 Å². The highest BCUT2D eigenvalue weighted by molar-refractivity contribution is 5.97. The van der Waals surface area contributed by atoms with Crippen molar-refractivity contribution in [2.24, 2.45) is 23.1 Å². The van der Waals surface area contributed by atoms with E-state index < -0.39 is 72.5 Å². The Morgan fingerprint density at radius 1 is 0.846 bits per heavy atom. The summed E-state index contributed by atoms with van der Waals surface area (Å²) in [5, 5.41) is 17.8. The first-order chi connectivity index (χ1) is 18.3. The van der Waals surface area contributed by atoms with E-state index in [1.165, 1.54) is 0 Å². The summed E-state index contributed by atoms with van der Waals surface area (Å²) in [5.41, 5.74) is 17.3. The average Bonchev–Trinajstić information content (AvgIpc) is 3.24. The molecule has 0 radical (unpaired) electrons. The van der Waals surface area contributed by atoms with Crippen LogP contribution in [0.3, 0.4) is 0 Å². The number of aromatic nitrogens is 1. The molecule has 212 valence electrons. The molecule has 1 aromatic heterocycles. The molecule has 0 aliphatic rings. The van der Waals surface area contributed by atoms with Gasteiger partial charge in [-0.1, -0.05) is 32.0 Å². The van der Waals surface area contributed by atoms with Gasteiger partial charge in [0.15, 0.2) is 0 Å². The molecular formula is C25H35N7O7. The first-order valence-corrected chi connectivity index (χ1v) is 12.3. The van der Waals surface area contributed by atoms with Gasteiger partial charge in [0.25, 0.3) is 0 Å². The maximum absolute atomic E-state index is 13.2. The van der Waals surface area contributed by atoms with Crippen LogP contribution in [0.2, 0.25) is 0 Å². The van der Waals surface area contributed by atoms with Gasteiger partial charge >= 0.3 is 5.97 Å². The van der Waals surface area contributed by atoms with Crippen molar-refractivity contribution >= 4 is 46.4 Å². The molecule has 1 heterocycles. The fourth-order valence-electron chi connectivity index (χ4n) is 3.97. The number of nitrogens with one attached hydrogen (secondary N) is 4. The van der Waals surface area contributed by atoms with Crippen molar-refractivity contribution in [3.05, 3.63) is 36.0 Å². The van der Waals surface area contributed by atoms with Crippen LogP contribution >= 0.6 is 0 Å². The van der Waals surface area contributed by atoms with Gasteiger partial charge in [0.05, 0.1) is 18.9 Å². The van der Waals surface area contributed by atoms with Crippen LogP contribution in [-0.2, 0) is 35.2 Å². The predicted octanol–water partition coefficient (Wildman–Crippen LogP) is -1.63. The summed E-state index contributed by atoms with van der Waals surface area (Å²) in [6, 6.07) is 1.92. The third kappa shape index (κ3) is 9.41. The Labute approximate surface area is 224 Å². The molecule has 0 bridgehead atoms. The number of aliphatic carboxylic acids is 1. The number of carboxylic acid groups (broad SMARTS) is 1. The smallest absolute Gasteiger partial charge is 0.326 e. The minimum Gasteiger partial charge on any atom is -0.480 e. The number of hydrogen-bond donors (Lipinski definition) is 8. The van der Waals surface area contributed by atoms with Crippen molar-refractivity contribution in [3.8, 4) is 0 Å². The third-order valence-electron chi connectivity index (χ3n) is 5.85. The summed E-state index contributed by atoms with van der Waals surface area (Å²) in [5.74, 6) is -5.76. The zero-order chi connectivity index (χ0) is 29.3. The van der Waals surface area contributed by atoms with E-state index in [4.69, 9.17) is 17.2 Å². The van der Waals surface area contributed by atoms with Crippen LogP contribution in [0, 0.1) is 5.92 Å². The number of primary amides is 2. The number of carboxylic acids is 1. The number of amides is 5. The van der Waals surface area contributed by atoms with Crippen LogP contribution in [-0.4, -0.2) is 69.8 Å². The molecule has 4 atom stereocenters. The third-order valence-corrected chi connectivity index (χ3v) is 5.85. The first kappa shape index (κ1) is 30.8. The maximum atomic E-state index is 13.2. The van der Waals surface area contributed by atoms with Crippen LogP contribution in [0.4, 0.5) is 0 Å². The van der Waals surface area contributed by atoms with Crippen LogP contribution < -0.4 is 33.2 Å². The summed E-state index contributed by atoms with van der Waals surface area (Å²) in [4.78, 5) is 76.1. The highest BCUT2D eigenvalue weighted by Gasteiger charge is 2.32. The van der Waals surface area contributed by atoms with Crippen molar-refractivity contribution in [1.29, 1.82) is 0 Å². The van der Waals surface area contributed by atoms with Gasteiger partial charge in [0.2, 0.25) is 29.5 Å². The van der Waals surface area contributed by atoms with E-state index in [1.54, 1.807) is 20.0 Å². The number of hydrogen-bond acceptors (Lipinski definition) is 7. The average molecular weight is 546 g/mol. The summed E-state index contributed by atoms with van der Waals surface area (Å²) in [6.07, 6.45) is 0.651. The molecule has 11 N–H and O–H groups in total. The number of benzene rings is 1. The lowest BCUT2D eigenvalue weighted by Crippen LogP contribution is -2.58. The maximum Gasteiger partial charge on any atom is 0.326 e. The molecule has 14 heteroatoms. The molecule has 0 saturated heterocycles. The van der Waals surface area contributed by atoms with E-state index >= 15 is 0 Å². The van der Waals surface area contributed by atoms with E-state index in [-0.39, 0.29) is 18.8 Å². The second-order valence-corrected chi connectivity index (χ2v) is 9.66. The van der Waals surface area contributed by atoms with Crippen molar-refractivity contribution in [2.45, 2.75) is 63.7 Å². The van der Waals surface area contributed by atoms with Crippen molar-refractivity contribution in [2.75, 3.05) is 0 Å². The fraction of sp³-hybridized carbons (Fsp3) is 0.440. The zero-order valence-corrected chi connectivity index (χ0v) is 21.7. The van der Waals surface area contributed by atoms with E-state index in [0.717, 1.165) is 10.9 Å². The van der Waals surface area contributed by atoms with Crippen molar-refractivity contribution in [1.82, 2.24) is 20.9 Å². The van der Waals surface area contributed by atoms with Crippen LogP contribution in [0.1, 0.15) is 38.7 Å². The Morgan fingerprint density at radius 3 is 2.00 bits per heavy atom. The molecular weight excluding hydrogens is 510 g/mol. The number of fused-ring (bicyclic) bond motifs is 1. The number of para-hydroxylation sites is 1.